The standard InChI is InChI=1S/C12H16F3NO/c1-11(8-16,5-6-17)9-3-2-4-10(7-9)12(13,14)15/h2-4,7,17H,5-6,8,16H2,1H3. The van der Waals surface area contributed by atoms with Gasteiger partial charge >= 0.3 is 6.18 Å². The maximum atomic E-state index is 12.6. The molecule has 96 valence electrons. The zero-order valence-electron chi connectivity index (χ0n) is 9.59. The van der Waals surface area contributed by atoms with Gasteiger partial charge in [-0.15, -0.1) is 0 Å². The second-order valence-electron chi connectivity index (χ2n) is 4.32. The van der Waals surface area contributed by atoms with Crippen LogP contribution in [0.15, 0.2) is 24.3 Å². The Hall–Kier alpha value is -1.07. The first kappa shape index (κ1) is 14.0. The summed E-state index contributed by atoms with van der Waals surface area (Å²) in [6.45, 7) is 1.83. The summed E-state index contributed by atoms with van der Waals surface area (Å²) in [6, 6.07) is 5.10. The van der Waals surface area contributed by atoms with E-state index in [2.05, 4.69) is 0 Å². The van der Waals surface area contributed by atoms with Crippen LogP contribution in [-0.4, -0.2) is 18.3 Å². The molecule has 1 rings (SSSR count). The van der Waals surface area contributed by atoms with E-state index >= 15 is 0 Å². The lowest BCUT2D eigenvalue weighted by molar-refractivity contribution is -0.137. The third-order valence-corrected chi connectivity index (χ3v) is 3.00. The minimum Gasteiger partial charge on any atom is -0.396 e. The van der Waals surface area contributed by atoms with Crippen molar-refractivity contribution in [1.29, 1.82) is 0 Å². The number of hydrogen-bond acceptors (Lipinski definition) is 2. The Labute approximate surface area is 98.3 Å². The van der Waals surface area contributed by atoms with E-state index in [4.69, 9.17) is 10.8 Å². The SMILES string of the molecule is CC(CN)(CCO)c1cccc(C(F)(F)F)c1. The van der Waals surface area contributed by atoms with E-state index in [1.807, 2.05) is 0 Å². The van der Waals surface area contributed by atoms with Crippen LogP contribution in [0.25, 0.3) is 0 Å². The molecule has 0 radical (unpaired) electrons. The number of rotatable bonds is 4. The average Bonchev–Trinajstić information content (AvgIpc) is 2.28. The minimum absolute atomic E-state index is 0.107. The summed E-state index contributed by atoms with van der Waals surface area (Å²) < 4.78 is 37.7. The zero-order chi connectivity index (χ0) is 13.1. The number of benzene rings is 1. The van der Waals surface area contributed by atoms with Gasteiger partial charge in [0.2, 0.25) is 0 Å². The molecule has 1 aromatic rings. The van der Waals surface area contributed by atoms with Gasteiger partial charge in [-0.25, -0.2) is 0 Å². The maximum Gasteiger partial charge on any atom is 0.416 e. The van der Waals surface area contributed by atoms with Gasteiger partial charge in [0.25, 0.3) is 0 Å². The summed E-state index contributed by atoms with van der Waals surface area (Å²) >= 11 is 0. The first-order chi connectivity index (χ1) is 7.83. The topological polar surface area (TPSA) is 46.2 Å². The molecule has 0 aliphatic rings. The van der Waals surface area contributed by atoms with Crippen LogP contribution < -0.4 is 5.73 Å². The van der Waals surface area contributed by atoms with Crippen LogP contribution in [0.5, 0.6) is 0 Å². The number of aliphatic hydroxyl groups excluding tert-OH is 1. The van der Waals surface area contributed by atoms with Gasteiger partial charge in [0.15, 0.2) is 0 Å². The van der Waals surface area contributed by atoms with Gasteiger partial charge in [-0.05, 0) is 18.1 Å². The minimum atomic E-state index is -4.36. The van der Waals surface area contributed by atoms with Gasteiger partial charge in [-0.3, -0.25) is 0 Å². The van der Waals surface area contributed by atoms with Crippen molar-refractivity contribution in [3.8, 4) is 0 Å². The fourth-order valence-electron chi connectivity index (χ4n) is 1.68. The Kier molecular flexibility index (Phi) is 4.16. The van der Waals surface area contributed by atoms with E-state index in [0.29, 0.717) is 12.0 Å². The molecular formula is C12H16F3NO. The molecule has 0 bridgehead atoms. The summed E-state index contributed by atoms with van der Waals surface area (Å²) in [6.07, 6.45) is -4.02. The van der Waals surface area contributed by atoms with Gasteiger partial charge in [0, 0.05) is 18.6 Å². The molecule has 0 saturated heterocycles. The molecular weight excluding hydrogens is 231 g/mol. The monoisotopic (exact) mass is 247 g/mol. The lowest BCUT2D eigenvalue weighted by Gasteiger charge is -2.28. The number of halogens is 3. The van der Waals surface area contributed by atoms with Crippen molar-refractivity contribution in [3.05, 3.63) is 35.4 Å². The van der Waals surface area contributed by atoms with Crippen LogP contribution in [0.3, 0.4) is 0 Å². The van der Waals surface area contributed by atoms with E-state index in [1.54, 1.807) is 13.0 Å². The Bertz CT molecular complexity index is 378. The molecule has 3 N–H and O–H groups in total. The first-order valence-electron chi connectivity index (χ1n) is 5.32. The van der Waals surface area contributed by atoms with Crippen LogP contribution in [0, 0.1) is 0 Å². The third-order valence-electron chi connectivity index (χ3n) is 3.00. The molecule has 2 nitrogen and oxygen atoms in total. The molecule has 0 fully saturated rings. The Morgan fingerprint density at radius 3 is 2.29 bits per heavy atom. The molecule has 0 amide bonds. The molecule has 0 aromatic heterocycles. The third kappa shape index (κ3) is 3.20. The van der Waals surface area contributed by atoms with Gasteiger partial charge in [0.05, 0.1) is 5.56 Å². The predicted molar refractivity (Wildman–Crippen MR) is 59.6 cm³/mol. The van der Waals surface area contributed by atoms with Gasteiger partial charge < -0.3 is 10.8 Å². The molecule has 1 aromatic carbocycles. The van der Waals surface area contributed by atoms with Gasteiger partial charge in [-0.1, -0.05) is 25.1 Å². The second-order valence-corrected chi connectivity index (χ2v) is 4.32. The molecule has 0 saturated carbocycles. The highest BCUT2D eigenvalue weighted by Gasteiger charge is 2.32. The largest absolute Gasteiger partial charge is 0.416 e. The van der Waals surface area contributed by atoms with Crippen LogP contribution in [0.1, 0.15) is 24.5 Å². The molecule has 0 aliphatic carbocycles. The maximum absolute atomic E-state index is 12.6. The number of nitrogens with two attached hydrogens (primary N) is 1. The molecule has 1 atom stereocenters. The molecule has 1 unspecified atom stereocenters. The second kappa shape index (κ2) is 5.06. The van der Waals surface area contributed by atoms with Crippen molar-refractivity contribution in [2.45, 2.75) is 24.9 Å². The van der Waals surface area contributed by atoms with Gasteiger partial charge in [-0.2, -0.15) is 13.2 Å². The Morgan fingerprint density at radius 1 is 1.24 bits per heavy atom. The molecule has 0 spiro atoms. The summed E-state index contributed by atoms with van der Waals surface area (Å²) in [4.78, 5) is 0. The van der Waals surface area contributed by atoms with Crippen LogP contribution in [0.2, 0.25) is 0 Å². The van der Waals surface area contributed by atoms with Crippen molar-refractivity contribution in [2.24, 2.45) is 5.73 Å². The molecule has 0 heterocycles. The quantitative estimate of drug-likeness (QED) is 0.857. The number of alkyl halides is 3. The molecule has 0 aliphatic heterocycles. The Balaban J connectivity index is 3.14. The normalized spacial score (nSPS) is 15.6. The van der Waals surface area contributed by atoms with E-state index in [-0.39, 0.29) is 13.2 Å². The predicted octanol–water partition coefficient (Wildman–Crippen LogP) is 2.30. The molecule has 17 heavy (non-hydrogen) atoms. The highest BCUT2D eigenvalue weighted by molar-refractivity contribution is 5.31. The van der Waals surface area contributed by atoms with E-state index in [1.165, 1.54) is 6.07 Å². The fraction of sp³-hybridized carbons (Fsp3) is 0.500. The van der Waals surface area contributed by atoms with Crippen molar-refractivity contribution in [1.82, 2.24) is 0 Å². The van der Waals surface area contributed by atoms with Crippen molar-refractivity contribution < 1.29 is 18.3 Å². The van der Waals surface area contributed by atoms with E-state index in [0.717, 1.165) is 12.1 Å². The summed E-state index contributed by atoms with van der Waals surface area (Å²) in [5.74, 6) is 0. The smallest absolute Gasteiger partial charge is 0.396 e. The summed E-state index contributed by atoms with van der Waals surface area (Å²) in [5, 5.41) is 8.95. The van der Waals surface area contributed by atoms with Crippen molar-refractivity contribution in [2.75, 3.05) is 13.2 Å². The summed E-state index contributed by atoms with van der Waals surface area (Å²) in [7, 11) is 0. The number of aliphatic hydroxyl groups is 1. The van der Waals surface area contributed by atoms with E-state index < -0.39 is 17.2 Å². The molecule has 5 heteroatoms. The van der Waals surface area contributed by atoms with Crippen molar-refractivity contribution >= 4 is 0 Å². The highest BCUT2D eigenvalue weighted by Crippen LogP contribution is 2.33. The fourth-order valence-corrected chi connectivity index (χ4v) is 1.68. The highest BCUT2D eigenvalue weighted by atomic mass is 19.4. The number of hydrogen-bond donors (Lipinski definition) is 2. The van der Waals surface area contributed by atoms with E-state index in [9.17, 15) is 13.2 Å². The summed E-state index contributed by atoms with van der Waals surface area (Å²) in [5.41, 5.74) is 4.78. The Morgan fingerprint density at radius 2 is 1.82 bits per heavy atom. The first-order valence-corrected chi connectivity index (χ1v) is 5.32. The van der Waals surface area contributed by atoms with Gasteiger partial charge in [0.1, 0.15) is 0 Å². The average molecular weight is 247 g/mol. The van der Waals surface area contributed by atoms with Crippen LogP contribution in [0.4, 0.5) is 13.2 Å². The van der Waals surface area contributed by atoms with Crippen molar-refractivity contribution in [3.63, 3.8) is 0 Å². The zero-order valence-corrected chi connectivity index (χ0v) is 9.59. The lowest BCUT2D eigenvalue weighted by atomic mass is 9.79. The van der Waals surface area contributed by atoms with Crippen LogP contribution in [-0.2, 0) is 11.6 Å². The lowest BCUT2D eigenvalue weighted by Crippen LogP contribution is -2.33. The van der Waals surface area contributed by atoms with Crippen LogP contribution >= 0.6 is 0 Å².